The van der Waals surface area contributed by atoms with E-state index in [0.717, 1.165) is 23.1 Å². The molecule has 3 nitrogen and oxygen atoms in total. The van der Waals surface area contributed by atoms with E-state index in [-0.39, 0.29) is 0 Å². The van der Waals surface area contributed by atoms with Crippen LogP contribution in [-0.2, 0) is 6.54 Å². The Kier molecular flexibility index (Phi) is 3.80. The molecule has 19 heavy (non-hydrogen) atoms. The summed E-state index contributed by atoms with van der Waals surface area (Å²) in [6.45, 7) is 3.02. The van der Waals surface area contributed by atoms with Crippen molar-refractivity contribution in [3.05, 3.63) is 35.8 Å². The van der Waals surface area contributed by atoms with Crippen LogP contribution >= 0.6 is 11.8 Å². The van der Waals surface area contributed by atoms with Gasteiger partial charge >= 0.3 is 0 Å². The van der Waals surface area contributed by atoms with Gasteiger partial charge in [-0.1, -0.05) is 12.5 Å². The van der Waals surface area contributed by atoms with Gasteiger partial charge in [0.2, 0.25) is 0 Å². The van der Waals surface area contributed by atoms with Gasteiger partial charge in [-0.2, -0.15) is 11.8 Å². The van der Waals surface area contributed by atoms with E-state index in [1.54, 1.807) is 0 Å². The molecule has 1 fully saturated rings. The Morgan fingerprint density at radius 1 is 1.42 bits per heavy atom. The summed E-state index contributed by atoms with van der Waals surface area (Å²) in [5.41, 5.74) is 3.48. The third-order valence-corrected chi connectivity index (χ3v) is 5.29. The highest BCUT2D eigenvalue weighted by molar-refractivity contribution is 7.99. The van der Waals surface area contributed by atoms with E-state index in [1.165, 1.54) is 25.0 Å². The number of hydrogen-bond donors (Lipinski definition) is 1. The van der Waals surface area contributed by atoms with Crippen molar-refractivity contribution in [3.63, 3.8) is 0 Å². The second-order valence-corrected chi connectivity index (χ2v) is 6.34. The van der Waals surface area contributed by atoms with Crippen LogP contribution in [0.1, 0.15) is 30.7 Å². The molecule has 2 aromatic heterocycles. The van der Waals surface area contributed by atoms with Crippen molar-refractivity contribution >= 4 is 17.4 Å². The summed E-state index contributed by atoms with van der Waals surface area (Å²) in [4.78, 5) is 4.62. The minimum atomic E-state index is 0.656. The predicted octanol–water partition coefficient (Wildman–Crippen LogP) is 3.02. The monoisotopic (exact) mass is 275 g/mol. The molecule has 0 spiro atoms. The van der Waals surface area contributed by atoms with Gasteiger partial charge in [0, 0.05) is 24.0 Å². The Labute approximate surface area is 118 Å². The summed E-state index contributed by atoms with van der Waals surface area (Å²) in [7, 11) is 0. The number of thioether (sulfide) groups is 1. The number of aromatic nitrogens is 2. The van der Waals surface area contributed by atoms with E-state index in [9.17, 15) is 0 Å². The molecular weight excluding hydrogens is 254 g/mol. The Hall–Kier alpha value is -1.00. The number of imidazole rings is 1. The molecular formula is C15H21N3S. The van der Waals surface area contributed by atoms with Crippen LogP contribution in [0.5, 0.6) is 0 Å². The zero-order valence-corrected chi connectivity index (χ0v) is 12.4. The number of hydrogen-bond acceptors (Lipinski definition) is 3. The highest BCUT2D eigenvalue weighted by Gasteiger charge is 2.26. The largest absolute Gasteiger partial charge is 0.307 e. The van der Waals surface area contributed by atoms with Gasteiger partial charge < -0.3 is 9.72 Å². The van der Waals surface area contributed by atoms with E-state index in [2.05, 4.69) is 46.2 Å². The average Bonchev–Trinajstić information content (AvgIpc) is 2.99. The molecule has 4 heteroatoms. The smallest absolute Gasteiger partial charge is 0.137 e. The molecule has 0 aromatic carbocycles. The summed E-state index contributed by atoms with van der Waals surface area (Å²) in [6, 6.07) is 6.83. The normalized spacial score (nSPS) is 23.3. The Balaban J connectivity index is 1.76. The topological polar surface area (TPSA) is 29.3 Å². The zero-order valence-electron chi connectivity index (χ0n) is 11.6. The third-order valence-electron chi connectivity index (χ3n) is 4.12. The van der Waals surface area contributed by atoms with Crippen LogP contribution in [0.15, 0.2) is 24.4 Å². The SMILES string of the molecule is CSC1CCCC1NCc1c(C)nc2ccccn12. The molecule has 0 amide bonds. The molecule has 0 bridgehead atoms. The number of fused-ring (bicyclic) bond motifs is 1. The van der Waals surface area contributed by atoms with Gasteiger partial charge in [-0.15, -0.1) is 0 Å². The first-order chi connectivity index (χ1) is 9.29. The first-order valence-electron chi connectivity index (χ1n) is 6.98. The van der Waals surface area contributed by atoms with Crippen LogP contribution in [0.2, 0.25) is 0 Å². The molecule has 0 aliphatic heterocycles. The summed E-state index contributed by atoms with van der Waals surface area (Å²) >= 11 is 2.00. The Morgan fingerprint density at radius 3 is 3.16 bits per heavy atom. The van der Waals surface area contributed by atoms with E-state index in [0.29, 0.717) is 6.04 Å². The minimum Gasteiger partial charge on any atom is -0.307 e. The van der Waals surface area contributed by atoms with E-state index in [1.807, 2.05) is 17.8 Å². The number of pyridine rings is 1. The molecule has 102 valence electrons. The van der Waals surface area contributed by atoms with E-state index < -0.39 is 0 Å². The first kappa shape index (κ1) is 13.0. The summed E-state index contributed by atoms with van der Waals surface area (Å²) < 4.78 is 2.20. The lowest BCUT2D eigenvalue weighted by molar-refractivity contribution is 0.525. The number of aryl methyl sites for hydroxylation is 1. The number of nitrogens with one attached hydrogen (secondary N) is 1. The summed E-state index contributed by atoms with van der Waals surface area (Å²) in [5.74, 6) is 0. The van der Waals surface area contributed by atoms with Crippen molar-refractivity contribution < 1.29 is 0 Å². The third kappa shape index (κ3) is 2.51. The Bertz CT molecular complexity index is 564. The highest BCUT2D eigenvalue weighted by Crippen LogP contribution is 2.28. The summed E-state index contributed by atoms with van der Waals surface area (Å²) in [6.07, 6.45) is 8.35. The maximum Gasteiger partial charge on any atom is 0.137 e. The van der Waals surface area contributed by atoms with Crippen molar-refractivity contribution in [2.24, 2.45) is 0 Å². The second kappa shape index (κ2) is 5.55. The Morgan fingerprint density at radius 2 is 2.32 bits per heavy atom. The highest BCUT2D eigenvalue weighted by atomic mass is 32.2. The van der Waals surface area contributed by atoms with Gasteiger partial charge in [0.15, 0.2) is 0 Å². The van der Waals surface area contributed by atoms with E-state index >= 15 is 0 Å². The van der Waals surface area contributed by atoms with Crippen molar-refractivity contribution in [1.82, 2.24) is 14.7 Å². The van der Waals surface area contributed by atoms with Gasteiger partial charge in [-0.3, -0.25) is 0 Å². The van der Waals surface area contributed by atoms with Crippen LogP contribution in [0, 0.1) is 6.92 Å². The molecule has 2 unspecified atom stereocenters. The van der Waals surface area contributed by atoms with Crippen molar-refractivity contribution in [3.8, 4) is 0 Å². The lowest BCUT2D eigenvalue weighted by Crippen LogP contribution is -2.33. The maximum atomic E-state index is 4.62. The van der Waals surface area contributed by atoms with Crippen molar-refractivity contribution in [1.29, 1.82) is 0 Å². The first-order valence-corrected chi connectivity index (χ1v) is 8.27. The van der Waals surface area contributed by atoms with Crippen LogP contribution in [0.4, 0.5) is 0 Å². The standard InChI is InChI=1S/C15H21N3S/c1-11-13(18-9-4-3-8-15(18)17-11)10-16-12-6-5-7-14(12)19-2/h3-4,8-9,12,14,16H,5-7,10H2,1-2H3. The maximum absolute atomic E-state index is 4.62. The van der Waals surface area contributed by atoms with Gasteiger partial charge in [-0.05, 0) is 38.2 Å². The number of nitrogens with zero attached hydrogens (tertiary/aromatic N) is 2. The van der Waals surface area contributed by atoms with Crippen LogP contribution < -0.4 is 5.32 Å². The molecule has 0 radical (unpaired) electrons. The fraction of sp³-hybridized carbons (Fsp3) is 0.533. The lowest BCUT2D eigenvalue weighted by Gasteiger charge is -2.19. The molecule has 1 aliphatic carbocycles. The van der Waals surface area contributed by atoms with Crippen LogP contribution in [0.25, 0.3) is 5.65 Å². The van der Waals surface area contributed by atoms with Gasteiger partial charge in [0.05, 0.1) is 11.4 Å². The van der Waals surface area contributed by atoms with E-state index in [4.69, 9.17) is 0 Å². The zero-order chi connectivity index (χ0) is 13.2. The minimum absolute atomic E-state index is 0.656. The van der Waals surface area contributed by atoms with Gasteiger partial charge in [-0.25, -0.2) is 4.98 Å². The molecule has 2 aromatic rings. The molecule has 2 atom stereocenters. The molecule has 1 aliphatic rings. The molecule has 1 saturated carbocycles. The van der Waals surface area contributed by atoms with Crippen LogP contribution in [-0.4, -0.2) is 26.9 Å². The van der Waals surface area contributed by atoms with Crippen molar-refractivity contribution in [2.75, 3.05) is 6.26 Å². The molecule has 1 N–H and O–H groups in total. The fourth-order valence-electron chi connectivity index (χ4n) is 3.05. The van der Waals surface area contributed by atoms with Gasteiger partial charge in [0.25, 0.3) is 0 Å². The summed E-state index contributed by atoms with van der Waals surface area (Å²) in [5, 5.41) is 4.51. The van der Waals surface area contributed by atoms with Crippen molar-refractivity contribution in [2.45, 2.75) is 44.0 Å². The molecule has 0 saturated heterocycles. The number of rotatable bonds is 4. The molecule has 3 rings (SSSR count). The van der Waals surface area contributed by atoms with Gasteiger partial charge in [0.1, 0.15) is 5.65 Å². The molecule has 2 heterocycles. The second-order valence-electron chi connectivity index (χ2n) is 5.27. The predicted molar refractivity (Wildman–Crippen MR) is 81.7 cm³/mol. The lowest BCUT2D eigenvalue weighted by atomic mass is 10.2. The average molecular weight is 275 g/mol. The van der Waals surface area contributed by atoms with Crippen LogP contribution in [0.3, 0.4) is 0 Å². The quantitative estimate of drug-likeness (QED) is 0.930. The fourth-order valence-corrected chi connectivity index (χ4v) is 4.01.